The number of nitro groups is 1. The van der Waals surface area contributed by atoms with Gasteiger partial charge in [-0.1, -0.05) is 83.6 Å². The first-order chi connectivity index (χ1) is 21.7. The molecule has 0 fully saturated rings. The molecule has 0 amide bonds. The summed E-state index contributed by atoms with van der Waals surface area (Å²) >= 11 is 1.45. The van der Waals surface area contributed by atoms with Crippen LogP contribution in [0.5, 0.6) is 0 Å². The van der Waals surface area contributed by atoms with Gasteiger partial charge >= 0.3 is 5.97 Å². The zero-order valence-corrected chi connectivity index (χ0v) is 25.1. The largest absolute Gasteiger partial charge is 0.332 e. The fourth-order valence-corrected chi connectivity index (χ4v) is 5.45. The van der Waals surface area contributed by atoms with Crippen LogP contribution in [0.4, 0.5) is 5.69 Å². The van der Waals surface area contributed by atoms with E-state index in [-0.39, 0.29) is 33.9 Å². The van der Waals surface area contributed by atoms with Crippen molar-refractivity contribution in [3.63, 3.8) is 0 Å². The first kappa shape index (κ1) is 30.8. The number of nitrogens with zero attached hydrogens (tertiary/aromatic N) is 2. The monoisotopic (exact) mass is 614 g/mol. The maximum atomic E-state index is 13.4. The number of carbonyl (C=O) groups excluding carboxylic acids is 3. The van der Waals surface area contributed by atoms with Crippen molar-refractivity contribution in [2.75, 3.05) is 0 Å². The minimum atomic E-state index is -0.733. The lowest BCUT2D eigenvalue weighted by atomic mass is 9.96. The van der Waals surface area contributed by atoms with Gasteiger partial charge in [-0.3, -0.25) is 19.7 Å². The van der Waals surface area contributed by atoms with Crippen LogP contribution in [0.25, 0.3) is 11.1 Å². The number of hydrogen-bond acceptors (Lipinski definition) is 8. The molecule has 9 heteroatoms. The fourth-order valence-electron chi connectivity index (χ4n) is 4.63. The van der Waals surface area contributed by atoms with E-state index < -0.39 is 16.7 Å². The molecule has 5 rings (SSSR count). The first-order valence-electron chi connectivity index (χ1n) is 13.8. The molecule has 5 aromatic rings. The molecule has 5 aromatic carbocycles. The average Bonchev–Trinajstić information content (AvgIpc) is 3.06. The highest BCUT2D eigenvalue weighted by Crippen LogP contribution is 2.29. The summed E-state index contributed by atoms with van der Waals surface area (Å²) in [5.41, 5.74) is 3.57. The predicted molar refractivity (Wildman–Crippen MR) is 173 cm³/mol. The number of hydrogen-bond donors (Lipinski definition) is 0. The fraction of sp³-hybridized carbons (Fsp3) is 0.0556. The summed E-state index contributed by atoms with van der Waals surface area (Å²) in [6, 6.07) is 35.8. The number of nitro benzene ring substituents is 1. The van der Waals surface area contributed by atoms with Gasteiger partial charge in [-0.25, -0.2) is 4.79 Å². The Morgan fingerprint density at radius 2 is 1.22 bits per heavy atom. The maximum absolute atomic E-state index is 13.4. The predicted octanol–water partition coefficient (Wildman–Crippen LogP) is 8.10. The van der Waals surface area contributed by atoms with E-state index in [1.54, 1.807) is 36.4 Å². The van der Waals surface area contributed by atoms with Crippen molar-refractivity contribution in [3.8, 4) is 11.1 Å². The number of oxime groups is 1. The Hall–Kier alpha value is -5.67. The Morgan fingerprint density at radius 1 is 0.689 bits per heavy atom. The molecule has 222 valence electrons. The zero-order valence-electron chi connectivity index (χ0n) is 24.3. The van der Waals surface area contributed by atoms with Crippen molar-refractivity contribution in [2.45, 2.75) is 23.6 Å². The van der Waals surface area contributed by atoms with Crippen LogP contribution in [-0.4, -0.2) is 28.2 Å². The molecule has 0 heterocycles. The van der Waals surface area contributed by atoms with Crippen LogP contribution in [0.2, 0.25) is 0 Å². The number of carbonyl (C=O) groups is 3. The van der Waals surface area contributed by atoms with E-state index in [1.807, 2.05) is 66.7 Å². The van der Waals surface area contributed by atoms with E-state index in [0.29, 0.717) is 11.1 Å². The Morgan fingerprint density at radius 3 is 1.78 bits per heavy atom. The van der Waals surface area contributed by atoms with Crippen LogP contribution in [-0.2, 0) is 9.63 Å². The molecule has 0 saturated carbocycles. The molecule has 0 bridgehead atoms. The second kappa shape index (κ2) is 13.7. The Bertz CT molecular complexity index is 1920. The molecule has 45 heavy (non-hydrogen) atoms. The Balaban J connectivity index is 1.29. The summed E-state index contributed by atoms with van der Waals surface area (Å²) in [5, 5.41) is 15.2. The molecule has 0 N–H and O–H groups in total. The molecule has 0 aromatic heterocycles. The molecule has 0 aliphatic rings. The van der Waals surface area contributed by atoms with Crippen LogP contribution in [0.15, 0.2) is 136 Å². The van der Waals surface area contributed by atoms with E-state index in [9.17, 15) is 24.5 Å². The number of ketones is 2. The second-order valence-electron chi connectivity index (χ2n) is 9.98. The second-order valence-corrected chi connectivity index (χ2v) is 11.1. The van der Waals surface area contributed by atoms with Gasteiger partial charge in [0.15, 0.2) is 11.5 Å². The summed E-state index contributed by atoms with van der Waals surface area (Å²) < 4.78 is 0. The molecule has 0 aliphatic carbocycles. The first-order valence-corrected chi connectivity index (χ1v) is 14.7. The van der Waals surface area contributed by atoms with Gasteiger partial charge < -0.3 is 4.84 Å². The van der Waals surface area contributed by atoms with Crippen LogP contribution in [0.3, 0.4) is 0 Å². The molecule has 0 radical (unpaired) electrons. The molecule has 0 unspecified atom stereocenters. The highest BCUT2D eigenvalue weighted by Gasteiger charge is 2.24. The van der Waals surface area contributed by atoms with Crippen molar-refractivity contribution in [2.24, 2.45) is 5.16 Å². The van der Waals surface area contributed by atoms with E-state index in [1.165, 1.54) is 36.9 Å². The Labute approximate surface area is 263 Å². The molecule has 0 saturated heterocycles. The van der Waals surface area contributed by atoms with E-state index in [0.717, 1.165) is 27.8 Å². The van der Waals surface area contributed by atoms with Crippen LogP contribution < -0.4 is 0 Å². The standard InChI is InChI=1S/C36H26N2O6S/c1-23-32(9-6-10-33(23)38(42)43)34(37-44-24(2)39)36(41)29-17-21-31(22-18-29)45-30-19-15-28(16-20-30)35(40)27-13-11-26(12-14-27)25-7-4-3-5-8-25/h3-22H,1-2H3/b37-34-. The van der Waals surface area contributed by atoms with E-state index in [2.05, 4.69) is 5.16 Å². The van der Waals surface area contributed by atoms with Crippen molar-refractivity contribution in [3.05, 3.63) is 159 Å². The maximum Gasteiger partial charge on any atom is 0.332 e. The SMILES string of the molecule is CC(=O)O/N=C(\C(=O)c1ccc(Sc2ccc(C(=O)c3ccc(-c4ccccc4)cc3)cc2)cc1)c1cccc([N+](=O)[O-])c1C. The summed E-state index contributed by atoms with van der Waals surface area (Å²) in [4.78, 5) is 55.3. The molecule has 0 atom stereocenters. The smallest absolute Gasteiger partial charge is 0.318 e. The van der Waals surface area contributed by atoms with Crippen LogP contribution in [0.1, 0.15) is 44.3 Å². The normalized spacial score (nSPS) is 11.1. The van der Waals surface area contributed by atoms with Gasteiger partial charge in [-0.15, -0.1) is 0 Å². The molecular formula is C36H26N2O6S. The number of benzene rings is 5. The third-order valence-corrected chi connectivity index (χ3v) is 7.98. The lowest BCUT2D eigenvalue weighted by Crippen LogP contribution is -2.18. The highest BCUT2D eigenvalue weighted by molar-refractivity contribution is 7.99. The summed E-state index contributed by atoms with van der Waals surface area (Å²) in [5.74, 6) is -1.36. The van der Waals surface area contributed by atoms with Gasteiger partial charge in [0, 0.05) is 50.6 Å². The lowest BCUT2D eigenvalue weighted by Gasteiger charge is -2.10. The van der Waals surface area contributed by atoms with Gasteiger partial charge in [0.05, 0.1) is 4.92 Å². The van der Waals surface area contributed by atoms with Crippen LogP contribution in [0, 0.1) is 17.0 Å². The van der Waals surface area contributed by atoms with Gasteiger partial charge in [-0.2, -0.15) is 0 Å². The topological polar surface area (TPSA) is 116 Å². The zero-order chi connectivity index (χ0) is 31.9. The third-order valence-electron chi connectivity index (χ3n) is 6.96. The average molecular weight is 615 g/mol. The lowest BCUT2D eigenvalue weighted by molar-refractivity contribution is -0.385. The minimum absolute atomic E-state index is 0.0702. The van der Waals surface area contributed by atoms with Crippen molar-refractivity contribution in [1.82, 2.24) is 0 Å². The van der Waals surface area contributed by atoms with E-state index in [4.69, 9.17) is 4.84 Å². The van der Waals surface area contributed by atoms with Crippen molar-refractivity contribution >= 4 is 40.7 Å². The Kier molecular flexibility index (Phi) is 9.40. The third kappa shape index (κ3) is 7.29. The quantitative estimate of drug-likeness (QED) is 0.0513. The van der Waals surface area contributed by atoms with Crippen LogP contribution >= 0.6 is 11.8 Å². The minimum Gasteiger partial charge on any atom is -0.318 e. The molecule has 0 spiro atoms. The van der Waals surface area contributed by atoms with E-state index >= 15 is 0 Å². The summed E-state index contributed by atoms with van der Waals surface area (Å²) in [6.07, 6.45) is 0. The van der Waals surface area contributed by atoms with Crippen molar-refractivity contribution in [1.29, 1.82) is 0 Å². The number of Topliss-reactive ketones (excluding diaryl/α,β-unsaturated/α-hetero) is 1. The molecule has 8 nitrogen and oxygen atoms in total. The highest BCUT2D eigenvalue weighted by atomic mass is 32.2. The van der Waals surface area contributed by atoms with Gasteiger partial charge in [0.25, 0.3) is 5.69 Å². The van der Waals surface area contributed by atoms with Gasteiger partial charge in [0.1, 0.15) is 0 Å². The molecule has 0 aliphatic heterocycles. The molecular weight excluding hydrogens is 588 g/mol. The van der Waals surface area contributed by atoms with Gasteiger partial charge in [0.2, 0.25) is 5.78 Å². The van der Waals surface area contributed by atoms with Crippen molar-refractivity contribution < 1.29 is 24.1 Å². The summed E-state index contributed by atoms with van der Waals surface area (Å²) in [7, 11) is 0. The summed E-state index contributed by atoms with van der Waals surface area (Å²) in [6.45, 7) is 2.65. The van der Waals surface area contributed by atoms with Gasteiger partial charge in [-0.05, 0) is 66.6 Å². The number of rotatable bonds is 10.